The molecular formula is C13H17NO2. The Labute approximate surface area is 95.8 Å². The van der Waals surface area contributed by atoms with E-state index in [1.54, 1.807) is 0 Å². The number of hydrogen-bond donors (Lipinski definition) is 1. The van der Waals surface area contributed by atoms with Gasteiger partial charge in [-0.25, -0.2) is 0 Å². The molecule has 0 aromatic heterocycles. The second-order valence-electron chi connectivity index (χ2n) is 4.41. The van der Waals surface area contributed by atoms with Crippen molar-refractivity contribution >= 4 is 0 Å². The Balaban J connectivity index is 1.93. The van der Waals surface area contributed by atoms with Crippen molar-refractivity contribution in [2.45, 2.75) is 18.8 Å². The zero-order chi connectivity index (χ0) is 10.8. The van der Waals surface area contributed by atoms with Gasteiger partial charge >= 0.3 is 0 Å². The van der Waals surface area contributed by atoms with Crippen LogP contribution >= 0.6 is 0 Å². The Morgan fingerprint density at radius 1 is 1.19 bits per heavy atom. The molecule has 3 nitrogen and oxygen atoms in total. The molecule has 1 aromatic rings. The first-order chi connectivity index (χ1) is 7.95. The van der Waals surface area contributed by atoms with Gasteiger partial charge in [-0.15, -0.1) is 0 Å². The fourth-order valence-corrected chi connectivity index (χ4v) is 2.54. The summed E-state index contributed by atoms with van der Waals surface area (Å²) in [4.78, 5) is 0. The van der Waals surface area contributed by atoms with Gasteiger partial charge in [-0.3, -0.25) is 0 Å². The topological polar surface area (TPSA) is 30.5 Å². The summed E-state index contributed by atoms with van der Waals surface area (Å²) in [5.41, 5.74) is 1.31. The fraction of sp³-hybridized carbons (Fsp3) is 0.538. The predicted molar refractivity (Wildman–Crippen MR) is 62.3 cm³/mol. The highest BCUT2D eigenvalue weighted by atomic mass is 16.6. The molecule has 0 bridgehead atoms. The summed E-state index contributed by atoms with van der Waals surface area (Å²) in [6.45, 7) is 3.53. The average molecular weight is 219 g/mol. The third-order valence-corrected chi connectivity index (χ3v) is 3.33. The van der Waals surface area contributed by atoms with Gasteiger partial charge in [0.25, 0.3) is 0 Å². The van der Waals surface area contributed by atoms with E-state index >= 15 is 0 Å². The molecule has 0 saturated carbocycles. The molecule has 3 heteroatoms. The molecule has 1 aromatic carbocycles. The molecule has 0 radical (unpaired) electrons. The first kappa shape index (κ1) is 9.97. The van der Waals surface area contributed by atoms with Gasteiger partial charge in [-0.2, -0.15) is 0 Å². The zero-order valence-corrected chi connectivity index (χ0v) is 9.37. The van der Waals surface area contributed by atoms with Crippen LogP contribution in [-0.2, 0) is 0 Å². The van der Waals surface area contributed by atoms with Gasteiger partial charge in [0.1, 0.15) is 13.2 Å². The van der Waals surface area contributed by atoms with E-state index in [-0.39, 0.29) is 0 Å². The van der Waals surface area contributed by atoms with E-state index in [1.165, 1.54) is 18.4 Å². The second-order valence-corrected chi connectivity index (χ2v) is 4.41. The number of hydrogen-bond acceptors (Lipinski definition) is 3. The summed E-state index contributed by atoms with van der Waals surface area (Å²) in [6, 6.07) is 6.23. The van der Waals surface area contributed by atoms with Crippen molar-refractivity contribution in [1.82, 2.24) is 5.32 Å². The number of ether oxygens (including phenoxy) is 2. The van der Waals surface area contributed by atoms with Gasteiger partial charge < -0.3 is 14.8 Å². The van der Waals surface area contributed by atoms with E-state index in [9.17, 15) is 0 Å². The van der Waals surface area contributed by atoms with E-state index < -0.39 is 0 Å². The second kappa shape index (κ2) is 4.34. The molecule has 1 unspecified atom stereocenters. The van der Waals surface area contributed by atoms with Crippen LogP contribution in [0.4, 0.5) is 0 Å². The third kappa shape index (κ3) is 1.76. The summed E-state index contributed by atoms with van der Waals surface area (Å²) in [7, 11) is 0. The van der Waals surface area contributed by atoms with Crippen LogP contribution in [0, 0.1) is 0 Å². The van der Waals surface area contributed by atoms with E-state index in [1.807, 2.05) is 6.07 Å². The molecule has 2 aliphatic heterocycles. The number of nitrogens with one attached hydrogen (secondary N) is 1. The van der Waals surface area contributed by atoms with Crippen molar-refractivity contribution in [3.8, 4) is 11.5 Å². The van der Waals surface area contributed by atoms with Crippen LogP contribution in [0.2, 0.25) is 0 Å². The zero-order valence-electron chi connectivity index (χ0n) is 9.37. The fourth-order valence-electron chi connectivity index (χ4n) is 2.54. The summed E-state index contributed by atoms with van der Waals surface area (Å²) in [6.07, 6.45) is 2.49. The van der Waals surface area contributed by atoms with Crippen molar-refractivity contribution in [3.05, 3.63) is 23.8 Å². The molecule has 1 atom stereocenters. The van der Waals surface area contributed by atoms with Gasteiger partial charge in [-0.1, -0.05) is 12.1 Å². The lowest BCUT2D eigenvalue weighted by Crippen LogP contribution is -2.29. The average Bonchev–Trinajstić information content (AvgIpc) is 2.39. The molecule has 0 spiro atoms. The molecular weight excluding hydrogens is 202 g/mol. The molecule has 86 valence electrons. The Morgan fingerprint density at radius 3 is 3.00 bits per heavy atom. The molecule has 3 rings (SSSR count). The summed E-state index contributed by atoms with van der Waals surface area (Å²) in [5, 5.41) is 3.44. The Bertz CT molecular complexity index is 372. The van der Waals surface area contributed by atoms with Gasteiger partial charge in [0.15, 0.2) is 11.5 Å². The van der Waals surface area contributed by atoms with Crippen molar-refractivity contribution in [2.75, 3.05) is 26.3 Å². The van der Waals surface area contributed by atoms with Crippen LogP contribution in [0.1, 0.15) is 24.3 Å². The SMILES string of the molecule is c1cc2c(c(C3CCCNC3)c1)OCCO2. The van der Waals surface area contributed by atoms with E-state index in [4.69, 9.17) is 9.47 Å². The monoisotopic (exact) mass is 219 g/mol. The van der Waals surface area contributed by atoms with Gasteiger partial charge in [0, 0.05) is 18.0 Å². The van der Waals surface area contributed by atoms with E-state index in [0.717, 1.165) is 24.6 Å². The van der Waals surface area contributed by atoms with Crippen LogP contribution < -0.4 is 14.8 Å². The maximum Gasteiger partial charge on any atom is 0.164 e. The minimum atomic E-state index is 0.574. The minimum Gasteiger partial charge on any atom is -0.486 e. The van der Waals surface area contributed by atoms with Crippen LogP contribution in [0.3, 0.4) is 0 Å². The quantitative estimate of drug-likeness (QED) is 0.782. The van der Waals surface area contributed by atoms with Crippen molar-refractivity contribution < 1.29 is 9.47 Å². The maximum absolute atomic E-state index is 5.76. The van der Waals surface area contributed by atoms with Crippen molar-refractivity contribution in [2.24, 2.45) is 0 Å². The lowest BCUT2D eigenvalue weighted by molar-refractivity contribution is 0.168. The molecule has 1 fully saturated rings. The molecule has 16 heavy (non-hydrogen) atoms. The van der Waals surface area contributed by atoms with Crippen LogP contribution in [0.5, 0.6) is 11.5 Å². The highest BCUT2D eigenvalue weighted by Crippen LogP contribution is 2.39. The lowest BCUT2D eigenvalue weighted by Gasteiger charge is -2.27. The molecule has 1 saturated heterocycles. The predicted octanol–water partition coefficient (Wildman–Crippen LogP) is 1.92. The Morgan fingerprint density at radius 2 is 2.12 bits per heavy atom. The van der Waals surface area contributed by atoms with Crippen LogP contribution in [-0.4, -0.2) is 26.3 Å². The highest BCUT2D eigenvalue weighted by molar-refractivity contribution is 5.49. The number of piperidine rings is 1. The van der Waals surface area contributed by atoms with Crippen LogP contribution in [0.25, 0.3) is 0 Å². The normalized spacial score (nSPS) is 24.1. The maximum atomic E-state index is 5.76. The van der Waals surface area contributed by atoms with Crippen LogP contribution in [0.15, 0.2) is 18.2 Å². The Hall–Kier alpha value is -1.22. The van der Waals surface area contributed by atoms with Crippen molar-refractivity contribution in [1.29, 1.82) is 0 Å². The number of benzene rings is 1. The molecule has 2 heterocycles. The summed E-state index contributed by atoms with van der Waals surface area (Å²) < 4.78 is 11.4. The lowest BCUT2D eigenvalue weighted by atomic mass is 9.90. The largest absolute Gasteiger partial charge is 0.486 e. The summed E-state index contributed by atoms with van der Waals surface area (Å²) in [5.74, 6) is 2.46. The first-order valence-electron chi connectivity index (χ1n) is 6.04. The van der Waals surface area contributed by atoms with E-state index in [0.29, 0.717) is 19.1 Å². The van der Waals surface area contributed by atoms with Gasteiger partial charge in [0.05, 0.1) is 0 Å². The standard InChI is InChI=1S/C13H17NO2/c1-4-11(10-3-2-6-14-9-10)13-12(5-1)15-7-8-16-13/h1,4-5,10,14H,2-3,6-9H2. The Kier molecular flexibility index (Phi) is 2.70. The first-order valence-corrected chi connectivity index (χ1v) is 6.04. The third-order valence-electron chi connectivity index (χ3n) is 3.33. The smallest absolute Gasteiger partial charge is 0.164 e. The number of para-hydroxylation sites is 1. The molecule has 0 amide bonds. The summed E-state index contributed by atoms with van der Waals surface area (Å²) >= 11 is 0. The molecule has 0 aliphatic carbocycles. The molecule has 2 aliphatic rings. The molecule has 1 N–H and O–H groups in total. The minimum absolute atomic E-state index is 0.574. The van der Waals surface area contributed by atoms with Crippen molar-refractivity contribution in [3.63, 3.8) is 0 Å². The van der Waals surface area contributed by atoms with Gasteiger partial charge in [-0.05, 0) is 25.5 Å². The highest BCUT2D eigenvalue weighted by Gasteiger charge is 2.23. The van der Waals surface area contributed by atoms with Gasteiger partial charge in [0.2, 0.25) is 0 Å². The van der Waals surface area contributed by atoms with E-state index in [2.05, 4.69) is 17.4 Å². The number of fused-ring (bicyclic) bond motifs is 1. The number of rotatable bonds is 1.